The van der Waals surface area contributed by atoms with Crippen LogP contribution in [0.15, 0.2) is 52.4 Å². The number of rotatable bonds is 6. The minimum atomic E-state index is -0.351. The standard InChI is InChI=1S/C21H19ClFN3O2S/c1-12-3-8-16(9-18(12)22)25-19(27)10-17-13(2)24-21(26-20(17)28)29-11-14-4-6-15(23)7-5-14/h3-9H,10-11H2,1-2H3,(H,25,27)(H,24,26,28). The van der Waals surface area contributed by atoms with E-state index < -0.39 is 0 Å². The Hall–Kier alpha value is -2.64. The number of nitrogens with one attached hydrogen (secondary N) is 2. The second-order valence-electron chi connectivity index (χ2n) is 6.54. The van der Waals surface area contributed by atoms with Crippen LogP contribution in [0.5, 0.6) is 0 Å². The molecule has 0 aliphatic carbocycles. The zero-order valence-electron chi connectivity index (χ0n) is 15.9. The number of carbonyl (C=O) groups is 1. The molecule has 0 saturated carbocycles. The Balaban J connectivity index is 1.66. The maximum Gasteiger partial charge on any atom is 0.255 e. The van der Waals surface area contributed by atoms with Crippen LogP contribution in [0.4, 0.5) is 10.1 Å². The monoisotopic (exact) mass is 431 g/mol. The average Bonchev–Trinajstić information content (AvgIpc) is 2.67. The highest BCUT2D eigenvalue weighted by atomic mass is 35.5. The molecule has 150 valence electrons. The highest BCUT2D eigenvalue weighted by Gasteiger charge is 2.14. The third-order valence-corrected chi connectivity index (χ3v) is 5.63. The number of benzene rings is 2. The van der Waals surface area contributed by atoms with Gasteiger partial charge >= 0.3 is 0 Å². The third kappa shape index (κ3) is 5.68. The van der Waals surface area contributed by atoms with Crippen LogP contribution in [0.25, 0.3) is 0 Å². The largest absolute Gasteiger partial charge is 0.326 e. The van der Waals surface area contributed by atoms with Crippen LogP contribution < -0.4 is 10.9 Å². The predicted octanol–water partition coefficient (Wildman–Crippen LogP) is 4.65. The van der Waals surface area contributed by atoms with Crippen molar-refractivity contribution in [1.29, 1.82) is 0 Å². The lowest BCUT2D eigenvalue weighted by atomic mass is 10.1. The Morgan fingerprint density at radius 2 is 1.93 bits per heavy atom. The van der Waals surface area contributed by atoms with E-state index in [1.165, 1.54) is 23.9 Å². The fourth-order valence-electron chi connectivity index (χ4n) is 2.63. The molecule has 1 aromatic heterocycles. The van der Waals surface area contributed by atoms with Crippen molar-refractivity contribution in [2.45, 2.75) is 31.2 Å². The molecular weight excluding hydrogens is 413 g/mol. The van der Waals surface area contributed by atoms with E-state index in [2.05, 4.69) is 15.3 Å². The van der Waals surface area contributed by atoms with E-state index in [0.717, 1.165) is 11.1 Å². The molecule has 5 nitrogen and oxygen atoms in total. The third-order valence-electron chi connectivity index (χ3n) is 4.28. The molecule has 0 radical (unpaired) electrons. The molecule has 0 saturated heterocycles. The molecule has 0 unspecified atom stereocenters. The first kappa shape index (κ1) is 21.1. The van der Waals surface area contributed by atoms with Gasteiger partial charge in [0.25, 0.3) is 5.56 Å². The van der Waals surface area contributed by atoms with Crippen molar-refractivity contribution in [3.05, 3.63) is 86.0 Å². The van der Waals surface area contributed by atoms with Gasteiger partial charge in [-0.05, 0) is 49.2 Å². The summed E-state index contributed by atoms with van der Waals surface area (Å²) in [4.78, 5) is 31.9. The smallest absolute Gasteiger partial charge is 0.255 e. The van der Waals surface area contributed by atoms with Crippen molar-refractivity contribution in [3.63, 3.8) is 0 Å². The van der Waals surface area contributed by atoms with Gasteiger partial charge in [-0.2, -0.15) is 0 Å². The van der Waals surface area contributed by atoms with Crippen LogP contribution in [0, 0.1) is 19.7 Å². The van der Waals surface area contributed by atoms with Gasteiger partial charge in [0.05, 0.1) is 6.42 Å². The maximum atomic E-state index is 13.0. The van der Waals surface area contributed by atoms with Crippen molar-refractivity contribution >= 4 is 35.0 Å². The van der Waals surface area contributed by atoms with E-state index in [1.807, 2.05) is 13.0 Å². The van der Waals surface area contributed by atoms with Crippen molar-refractivity contribution in [1.82, 2.24) is 9.97 Å². The number of halogens is 2. The number of aromatic nitrogens is 2. The van der Waals surface area contributed by atoms with Crippen LogP contribution in [-0.4, -0.2) is 15.9 Å². The van der Waals surface area contributed by atoms with Gasteiger partial charge in [0.2, 0.25) is 5.91 Å². The quantitative estimate of drug-likeness (QED) is 0.440. The summed E-state index contributed by atoms with van der Waals surface area (Å²) in [5.74, 6) is -0.0832. The first-order chi connectivity index (χ1) is 13.8. The molecule has 1 amide bonds. The molecule has 1 heterocycles. The maximum absolute atomic E-state index is 13.0. The molecular formula is C21H19ClFN3O2S. The van der Waals surface area contributed by atoms with E-state index >= 15 is 0 Å². The zero-order chi connectivity index (χ0) is 21.0. The molecule has 0 spiro atoms. The molecule has 3 rings (SSSR count). The zero-order valence-corrected chi connectivity index (χ0v) is 17.5. The Morgan fingerprint density at radius 1 is 1.21 bits per heavy atom. The Labute approximate surface area is 176 Å². The molecule has 0 atom stereocenters. The van der Waals surface area contributed by atoms with Gasteiger partial charge < -0.3 is 10.3 Å². The van der Waals surface area contributed by atoms with Gasteiger partial charge in [0.1, 0.15) is 5.82 Å². The Morgan fingerprint density at radius 3 is 2.59 bits per heavy atom. The summed E-state index contributed by atoms with van der Waals surface area (Å²) in [5.41, 5.74) is 2.85. The molecule has 3 aromatic rings. The Bertz CT molecular complexity index is 1100. The van der Waals surface area contributed by atoms with Crippen LogP contribution in [-0.2, 0) is 17.0 Å². The molecule has 8 heteroatoms. The highest BCUT2D eigenvalue weighted by molar-refractivity contribution is 7.98. The van der Waals surface area contributed by atoms with Gasteiger partial charge in [-0.3, -0.25) is 9.59 Å². The summed E-state index contributed by atoms with van der Waals surface area (Å²) in [6.07, 6.45) is -0.0947. The van der Waals surface area contributed by atoms with E-state index in [1.54, 1.807) is 31.2 Å². The summed E-state index contributed by atoms with van der Waals surface area (Å²) in [6, 6.07) is 11.4. The lowest BCUT2D eigenvalue weighted by molar-refractivity contribution is -0.115. The highest BCUT2D eigenvalue weighted by Crippen LogP contribution is 2.21. The van der Waals surface area contributed by atoms with Crippen LogP contribution in [0.1, 0.15) is 22.4 Å². The average molecular weight is 432 g/mol. The first-order valence-corrected chi connectivity index (χ1v) is 10.2. The minimum absolute atomic E-state index is 0.0947. The molecule has 29 heavy (non-hydrogen) atoms. The summed E-state index contributed by atoms with van der Waals surface area (Å²) in [7, 11) is 0. The number of anilines is 1. The number of hydrogen-bond donors (Lipinski definition) is 2. The number of hydrogen-bond acceptors (Lipinski definition) is 4. The molecule has 0 bridgehead atoms. The second kappa shape index (κ2) is 9.24. The first-order valence-electron chi connectivity index (χ1n) is 8.85. The van der Waals surface area contributed by atoms with Gasteiger partial charge in [-0.25, -0.2) is 9.37 Å². The van der Waals surface area contributed by atoms with Crippen LogP contribution in [0.3, 0.4) is 0 Å². The lowest BCUT2D eigenvalue weighted by Crippen LogP contribution is -2.23. The topological polar surface area (TPSA) is 74.8 Å². The number of amides is 1. The van der Waals surface area contributed by atoms with Crippen LogP contribution in [0.2, 0.25) is 5.02 Å². The number of carbonyl (C=O) groups excluding carboxylic acids is 1. The predicted molar refractivity (Wildman–Crippen MR) is 114 cm³/mol. The van der Waals surface area contributed by atoms with Crippen LogP contribution >= 0.6 is 23.4 Å². The molecule has 0 aliphatic heterocycles. The van der Waals surface area contributed by atoms with Crippen molar-refractivity contribution in [2.24, 2.45) is 0 Å². The van der Waals surface area contributed by atoms with Crippen molar-refractivity contribution < 1.29 is 9.18 Å². The number of aromatic amines is 1. The second-order valence-corrected chi connectivity index (χ2v) is 7.91. The van der Waals surface area contributed by atoms with Gasteiger partial charge in [0.15, 0.2) is 5.16 Å². The number of nitrogens with zero attached hydrogens (tertiary/aromatic N) is 1. The van der Waals surface area contributed by atoms with Gasteiger partial charge in [0, 0.05) is 27.7 Å². The van der Waals surface area contributed by atoms with Crippen molar-refractivity contribution in [2.75, 3.05) is 5.32 Å². The lowest BCUT2D eigenvalue weighted by Gasteiger charge is -2.09. The van der Waals surface area contributed by atoms with E-state index in [0.29, 0.717) is 32.9 Å². The fraction of sp³-hybridized carbons (Fsp3) is 0.190. The normalized spacial score (nSPS) is 10.8. The number of thioether (sulfide) groups is 1. The van der Waals surface area contributed by atoms with Crippen molar-refractivity contribution in [3.8, 4) is 0 Å². The summed E-state index contributed by atoms with van der Waals surface area (Å²) in [5, 5.41) is 3.75. The molecule has 2 aromatic carbocycles. The minimum Gasteiger partial charge on any atom is -0.326 e. The SMILES string of the molecule is Cc1ccc(NC(=O)Cc2c(C)nc(SCc3ccc(F)cc3)[nH]c2=O)cc1Cl. The summed E-state index contributed by atoms with van der Waals surface area (Å²) in [6.45, 7) is 3.57. The fourth-order valence-corrected chi connectivity index (χ4v) is 3.67. The number of H-pyrrole nitrogens is 1. The van der Waals surface area contributed by atoms with E-state index in [-0.39, 0.29) is 23.7 Å². The summed E-state index contributed by atoms with van der Waals surface area (Å²) >= 11 is 7.41. The van der Waals surface area contributed by atoms with E-state index in [4.69, 9.17) is 11.6 Å². The van der Waals surface area contributed by atoms with E-state index in [9.17, 15) is 14.0 Å². The molecule has 2 N–H and O–H groups in total. The molecule has 0 aliphatic rings. The van der Waals surface area contributed by atoms with Gasteiger partial charge in [-0.15, -0.1) is 0 Å². The molecule has 0 fully saturated rings. The number of aryl methyl sites for hydroxylation is 2. The Kier molecular flexibility index (Phi) is 6.71. The summed E-state index contributed by atoms with van der Waals surface area (Å²) < 4.78 is 13.0. The van der Waals surface area contributed by atoms with Gasteiger partial charge in [-0.1, -0.05) is 41.6 Å².